The van der Waals surface area contributed by atoms with Crippen molar-refractivity contribution in [3.8, 4) is 5.75 Å². The Kier molecular flexibility index (Phi) is 5.95. The highest BCUT2D eigenvalue weighted by molar-refractivity contribution is 5.92. The smallest absolute Gasteiger partial charge is 0.248 e. The van der Waals surface area contributed by atoms with Crippen molar-refractivity contribution >= 4 is 11.8 Å². The molecule has 2 aromatic rings. The first-order valence-electron chi connectivity index (χ1n) is 7.81. The number of hydrogen-bond acceptors (Lipinski definition) is 3. The van der Waals surface area contributed by atoms with Crippen molar-refractivity contribution < 1.29 is 14.3 Å². The van der Waals surface area contributed by atoms with E-state index in [-0.39, 0.29) is 12.3 Å². The van der Waals surface area contributed by atoms with E-state index >= 15 is 0 Å². The maximum absolute atomic E-state index is 11.9. The van der Waals surface area contributed by atoms with Gasteiger partial charge in [0.1, 0.15) is 5.75 Å². The average Bonchev–Trinajstić information content (AvgIpc) is 2.56. The predicted octanol–water partition coefficient (Wildman–Crippen LogP) is 2.49. The third-order valence-corrected chi connectivity index (χ3v) is 3.63. The van der Waals surface area contributed by atoms with Gasteiger partial charge in [-0.2, -0.15) is 0 Å². The number of carbonyl (C=O) groups is 2. The van der Waals surface area contributed by atoms with Crippen LogP contribution >= 0.6 is 0 Å². The fraction of sp³-hybridized carbons (Fsp3) is 0.263. The lowest BCUT2D eigenvalue weighted by molar-refractivity contribution is -0.121. The van der Waals surface area contributed by atoms with Crippen LogP contribution in [0.4, 0.5) is 0 Å². The number of amides is 2. The molecule has 0 aliphatic heterocycles. The lowest BCUT2D eigenvalue weighted by Gasteiger charge is -2.10. The second kappa shape index (κ2) is 8.15. The summed E-state index contributed by atoms with van der Waals surface area (Å²) in [4.78, 5) is 23.0. The van der Waals surface area contributed by atoms with Crippen LogP contribution in [0.25, 0.3) is 0 Å². The van der Waals surface area contributed by atoms with E-state index < -0.39 is 5.91 Å². The minimum Gasteiger partial charge on any atom is -0.493 e. The summed E-state index contributed by atoms with van der Waals surface area (Å²) in [5.41, 5.74) is 8.66. The molecule has 24 heavy (non-hydrogen) atoms. The molecule has 5 nitrogen and oxygen atoms in total. The molecule has 0 aliphatic carbocycles. The summed E-state index contributed by atoms with van der Waals surface area (Å²) in [6.07, 6.45) is 0.267. The van der Waals surface area contributed by atoms with E-state index in [4.69, 9.17) is 10.5 Å². The van der Waals surface area contributed by atoms with Crippen LogP contribution in [0.2, 0.25) is 0 Å². The van der Waals surface area contributed by atoms with Crippen LogP contribution in [-0.2, 0) is 11.3 Å². The average molecular weight is 326 g/mol. The topological polar surface area (TPSA) is 81.4 Å². The number of benzene rings is 2. The van der Waals surface area contributed by atoms with E-state index in [1.807, 2.05) is 38.1 Å². The molecule has 0 bridgehead atoms. The van der Waals surface area contributed by atoms with E-state index in [1.165, 1.54) is 0 Å². The Hall–Kier alpha value is -2.82. The molecule has 2 amide bonds. The Morgan fingerprint density at radius 2 is 1.92 bits per heavy atom. The lowest BCUT2D eigenvalue weighted by Crippen LogP contribution is -2.24. The molecule has 0 unspecified atom stereocenters. The Balaban J connectivity index is 1.78. The molecule has 0 aliphatic rings. The van der Waals surface area contributed by atoms with Gasteiger partial charge < -0.3 is 15.8 Å². The first-order chi connectivity index (χ1) is 11.5. The number of rotatable bonds is 7. The Bertz CT molecular complexity index is 741. The molecular formula is C19H22N2O3. The van der Waals surface area contributed by atoms with Crippen LogP contribution in [0, 0.1) is 13.8 Å². The van der Waals surface area contributed by atoms with Gasteiger partial charge in [-0.05, 0) is 48.7 Å². The van der Waals surface area contributed by atoms with E-state index in [0.29, 0.717) is 18.7 Å². The van der Waals surface area contributed by atoms with Gasteiger partial charge in [-0.3, -0.25) is 9.59 Å². The third kappa shape index (κ3) is 5.12. The van der Waals surface area contributed by atoms with Crippen molar-refractivity contribution in [3.05, 3.63) is 64.7 Å². The molecule has 2 rings (SSSR count). The minimum absolute atomic E-state index is 0.107. The first-order valence-corrected chi connectivity index (χ1v) is 7.81. The van der Waals surface area contributed by atoms with Gasteiger partial charge in [0, 0.05) is 12.1 Å². The van der Waals surface area contributed by atoms with Crippen molar-refractivity contribution in [2.24, 2.45) is 5.73 Å². The number of primary amides is 1. The predicted molar refractivity (Wildman–Crippen MR) is 92.8 cm³/mol. The number of nitrogens with two attached hydrogens (primary N) is 1. The second-order valence-electron chi connectivity index (χ2n) is 5.71. The molecular weight excluding hydrogens is 304 g/mol. The highest BCUT2D eigenvalue weighted by atomic mass is 16.5. The maximum atomic E-state index is 11.9. The molecule has 0 radical (unpaired) electrons. The van der Waals surface area contributed by atoms with Crippen molar-refractivity contribution in [3.63, 3.8) is 0 Å². The SMILES string of the molecule is Cc1ccc(C)c(OCCC(=O)NCc2cccc(C(N)=O)c2)c1. The van der Waals surface area contributed by atoms with E-state index in [0.717, 1.165) is 22.4 Å². The first kappa shape index (κ1) is 17.5. The molecule has 0 saturated heterocycles. The van der Waals surface area contributed by atoms with E-state index in [9.17, 15) is 9.59 Å². The summed E-state index contributed by atoms with van der Waals surface area (Å²) in [5.74, 6) is 0.215. The van der Waals surface area contributed by atoms with Crippen molar-refractivity contribution in [2.45, 2.75) is 26.8 Å². The van der Waals surface area contributed by atoms with Gasteiger partial charge in [0.15, 0.2) is 0 Å². The quantitative estimate of drug-likeness (QED) is 0.820. The molecule has 5 heteroatoms. The van der Waals surface area contributed by atoms with Crippen LogP contribution < -0.4 is 15.8 Å². The van der Waals surface area contributed by atoms with E-state index in [2.05, 4.69) is 5.32 Å². The molecule has 0 fully saturated rings. The summed E-state index contributed by atoms with van der Waals surface area (Å²) in [5, 5.41) is 2.81. The zero-order valence-electron chi connectivity index (χ0n) is 14.0. The Morgan fingerprint density at radius 1 is 1.12 bits per heavy atom. The van der Waals surface area contributed by atoms with Gasteiger partial charge in [-0.15, -0.1) is 0 Å². The van der Waals surface area contributed by atoms with Gasteiger partial charge in [0.2, 0.25) is 11.8 Å². The summed E-state index contributed by atoms with van der Waals surface area (Å²) in [6, 6.07) is 12.9. The van der Waals surface area contributed by atoms with Crippen LogP contribution in [0.3, 0.4) is 0 Å². The highest BCUT2D eigenvalue weighted by Gasteiger charge is 2.06. The highest BCUT2D eigenvalue weighted by Crippen LogP contribution is 2.19. The monoisotopic (exact) mass is 326 g/mol. The summed E-state index contributed by atoms with van der Waals surface area (Å²) in [6.45, 7) is 4.64. The van der Waals surface area contributed by atoms with Gasteiger partial charge >= 0.3 is 0 Å². The fourth-order valence-electron chi connectivity index (χ4n) is 2.24. The number of ether oxygens (including phenoxy) is 1. The molecule has 0 saturated carbocycles. The molecule has 126 valence electrons. The number of aryl methyl sites for hydroxylation is 2. The van der Waals surface area contributed by atoms with Crippen LogP contribution in [0.1, 0.15) is 33.5 Å². The van der Waals surface area contributed by atoms with Gasteiger partial charge in [-0.1, -0.05) is 24.3 Å². The molecule has 3 N–H and O–H groups in total. The summed E-state index contributed by atoms with van der Waals surface area (Å²) < 4.78 is 5.67. The van der Waals surface area contributed by atoms with Crippen LogP contribution in [0.5, 0.6) is 5.75 Å². The maximum Gasteiger partial charge on any atom is 0.248 e. The van der Waals surface area contributed by atoms with Gasteiger partial charge in [0.25, 0.3) is 0 Å². The second-order valence-corrected chi connectivity index (χ2v) is 5.71. The zero-order chi connectivity index (χ0) is 17.5. The molecule has 0 spiro atoms. The number of carbonyl (C=O) groups excluding carboxylic acids is 2. The largest absolute Gasteiger partial charge is 0.493 e. The third-order valence-electron chi connectivity index (χ3n) is 3.63. The normalized spacial score (nSPS) is 10.2. The summed E-state index contributed by atoms with van der Waals surface area (Å²) >= 11 is 0. The van der Waals surface area contributed by atoms with Crippen molar-refractivity contribution in [2.75, 3.05) is 6.61 Å². The van der Waals surface area contributed by atoms with Gasteiger partial charge in [-0.25, -0.2) is 0 Å². The van der Waals surface area contributed by atoms with E-state index in [1.54, 1.807) is 18.2 Å². The van der Waals surface area contributed by atoms with Crippen molar-refractivity contribution in [1.82, 2.24) is 5.32 Å². The molecule has 0 aromatic heterocycles. The number of nitrogens with one attached hydrogen (secondary N) is 1. The zero-order valence-corrected chi connectivity index (χ0v) is 14.0. The molecule has 0 atom stereocenters. The Morgan fingerprint density at radius 3 is 2.67 bits per heavy atom. The molecule has 0 heterocycles. The lowest BCUT2D eigenvalue weighted by atomic mass is 10.1. The Labute approximate surface area is 141 Å². The van der Waals surface area contributed by atoms with Crippen LogP contribution in [0.15, 0.2) is 42.5 Å². The minimum atomic E-state index is -0.481. The number of hydrogen-bond donors (Lipinski definition) is 2. The van der Waals surface area contributed by atoms with Crippen LogP contribution in [-0.4, -0.2) is 18.4 Å². The standard InChI is InChI=1S/C19H22N2O3/c1-13-6-7-14(2)17(10-13)24-9-8-18(22)21-12-15-4-3-5-16(11-15)19(20)23/h3-7,10-11H,8-9,12H2,1-2H3,(H2,20,23)(H,21,22). The fourth-order valence-corrected chi connectivity index (χ4v) is 2.24. The van der Waals surface area contributed by atoms with Crippen molar-refractivity contribution in [1.29, 1.82) is 0 Å². The molecule has 2 aromatic carbocycles. The van der Waals surface area contributed by atoms with Gasteiger partial charge in [0.05, 0.1) is 13.0 Å². The summed E-state index contributed by atoms with van der Waals surface area (Å²) in [7, 11) is 0.